The maximum absolute atomic E-state index is 12.1. The van der Waals surface area contributed by atoms with Gasteiger partial charge in [-0.3, -0.25) is 9.59 Å². The molecule has 20 heavy (non-hydrogen) atoms. The fourth-order valence-corrected chi connectivity index (χ4v) is 2.49. The van der Waals surface area contributed by atoms with Gasteiger partial charge in [0.15, 0.2) is 0 Å². The fourth-order valence-electron chi connectivity index (χ4n) is 2.49. The van der Waals surface area contributed by atoms with E-state index in [0.29, 0.717) is 31.6 Å². The van der Waals surface area contributed by atoms with E-state index in [9.17, 15) is 9.59 Å². The van der Waals surface area contributed by atoms with Gasteiger partial charge in [-0.05, 0) is 50.5 Å². The molecule has 1 fully saturated rings. The number of hydrogen-bond donors (Lipinski definition) is 2. The van der Waals surface area contributed by atoms with Crippen molar-refractivity contribution in [1.29, 1.82) is 0 Å². The highest BCUT2D eigenvalue weighted by Gasteiger charge is 2.33. The summed E-state index contributed by atoms with van der Waals surface area (Å²) in [7, 11) is 0. The maximum Gasteiger partial charge on any atom is 0.306 e. The van der Waals surface area contributed by atoms with E-state index in [2.05, 4.69) is 5.32 Å². The number of benzene rings is 1. The van der Waals surface area contributed by atoms with Crippen LogP contribution in [0.4, 0.5) is 5.69 Å². The lowest BCUT2D eigenvalue weighted by Gasteiger charge is -2.11. The van der Waals surface area contributed by atoms with Crippen LogP contribution in [0.25, 0.3) is 0 Å². The molecular formula is C15H19NO4. The molecule has 0 saturated heterocycles. The first-order valence-electron chi connectivity index (χ1n) is 6.86. The van der Waals surface area contributed by atoms with Crippen LogP contribution < -0.4 is 10.1 Å². The second kappa shape index (κ2) is 6.41. The summed E-state index contributed by atoms with van der Waals surface area (Å²) in [6.07, 6.45) is 1.65. The van der Waals surface area contributed by atoms with Crippen LogP contribution in [0.2, 0.25) is 0 Å². The number of amides is 1. The van der Waals surface area contributed by atoms with E-state index in [0.717, 1.165) is 5.75 Å². The molecule has 2 rings (SSSR count). The lowest BCUT2D eigenvalue weighted by Crippen LogP contribution is -2.21. The molecule has 108 valence electrons. The minimum atomic E-state index is -0.804. The number of ether oxygens (including phenoxy) is 1. The average Bonchev–Trinajstić information content (AvgIpc) is 2.91. The molecule has 0 aliphatic heterocycles. The SMILES string of the molecule is CCOc1ccc(NC(=O)C2CCC(C(=O)O)C2)cc1. The molecule has 1 amide bonds. The van der Waals surface area contributed by atoms with Crippen LogP contribution >= 0.6 is 0 Å². The Kier molecular flexibility index (Phi) is 4.61. The molecule has 1 saturated carbocycles. The van der Waals surface area contributed by atoms with E-state index in [4.69, 9.17) is 9.84 Å². The smallest absolute Gasteiger partial charge is 0.306 e. The summed E-state index contributed by atoms with van der Waals surface area (Å²) in [4.78, 5) is 22.9. The molecule has 5 heteroatoms. The summed E-state index contributed by atoms with van der Waals surface area (Å²) < 4.78 is 5.33. The van der Waals surface area contributed by atoms with Crippen molar-refractivity contribution >= 4 is 17.6 Å². The van der Waals surface area contributed by atoms with Crippen LogP contribution in [0.1, 0.15) is 26.2 Å². The molecule has 0 heterocycles. The molecule has 0 aromatic heterocycles. The van der Waals surface area contributed by atoms with Gasteiger partial charge in [0, 0.05) is 11.6 Å². The van der Waals surface area contributed by atoms with E-state index < -0.39 is 5.97 Å². The van der Waals surface area contributed by atoms with Gasteiger partial charge in [-0.2, -0.15) is 0 Å². The predicted molar refractivity (Wildman–Crippen MR) is 74.7 cm³/mol. The van der Waals surface area contributed by atoms with Crippen molar-refractivity contribution in [2.75, 3.05) is 11.9 Å². The molecule has 1 aliphatic carbocycles. The third kappa shape index (κ3) is 3.50. The minimum Gasteiger partial charge on any atom is -0.494 e. The summed E-state index contributed by atoms with van der Waals surface area (Å²) in [5.41, 5.74) is 0.706. The second-order valence-electron chi connectivity index (χ2n) is 4.99. The van der Waals surface area contributed by atoms with Gasteiger partial charge >= 0.3 is 5.97 Å². The Labute approximate surface area is 117 Å². The lowest BCUT2D eigenvalue weighted by molar-refractivity contribution is -0.141. The van der Waals surface area contributed by atoms with Crippen LogP contribution in [-0.4, -0.2) is 23.6 Å². The number of nitrogens with one attached hydrogen (secondary N) is 1. The highest BCUT2D eigenvalue weighted by atomic mass is 16.5. The molecule has 0 radical (unpaired) electrons. The van der Waals surface area contributed by atoms with Crippen molar-refractivity contribution in [2.45, 2.75) is 26.2 Å². The van der Waals surface area contributed by atoms with Crippen LogP contribution in [0.5, 0.6) is 5.75 Å². The summed E-state index contributed by atoms with van der Waals surface area (Å²) in [6, 6.07) is 7.17. The number of rotatable bonds is 5. The number of anilines is 1. The Morgan fingerprint density at radius 3 is 2.45 bits per heavy atom. The average molecular weight is 277 g/mol. The first kappa shape index (κ1) is 14.4. The molecule has 2 N–H and O–H groups in total. The molecule has 1 aromatic rings. The molecular weight excluding hydrogens is 258 g/mol. The van der Waals surface area contributed by atoms with Crippen molar-refractivity contribution < 1.29 is 19.4 Å². The topological polar surface area (TPSA) is 75.6 Å². The van der Waals surface area contributed by atoms with Crippen LogP contribution in [0, 0.1) is 11.8 Å². The molecule has 1 aliphatic rings. The highest BCUT2D eigenvalue weighted by molar-refractivity contribution is 5.93. The van der Waals surface area contributed by atoms with Crippen LogP contribution in [0.15, 0.2) is 24.3 Å². The number of hydrogen-bond acceptors (Lipinski definition) is 3. The quantitative estimate of drug-likeness (QED) is 0.867. The van der Waals surface area contributed by atoms with E-state index >= 15 is 0 Å². The molecule has 0 bridgehead atoms. The van der Waals surface area contributed by atoms with Gasteiger partial charge < -0.3 is 15.2 Å². The monoisotopic (exact) mass is 277 g/mol. The molecule has 1 aromatic carbocycles. The van der Waals surface area contributed by atoms with E-state index in [1.54, 1.807) is 24.3 Å². The lowest BCUT2D eigenvalue weighted by atomic mass is 10.0. The number of carbonyl (C=O) groups is 2. The minimum absolute atomic E-state index is 0.0992. The number of carboxylic acids is 1. The third-order valence-electron chi connectivity index (χ3n) is 3.59. The number of carbonyl (C=O) groups excluding carboxylic acids is 1. The first-order valence-corrected chi connectivity index (χ1v) is 6.86. The van der Waals surface area contributed by atoms with Gasteiger partial charge in [0.2, 0.25) is 5.91 Å². The van der Waals surface area contributed by atoms with Crippen LogP contribution in [-0.2, 0) is 9.59 Å². The highest BCUT2D eigenvalue weighted by Crippen LogP contribution is 2.32. The Balaban J connectivity index is 1.90. The zero-order chi connectivity index (χ0) is 14.5. The van der Waals surface area contributed by atoms with Crippen molar-refractivity contribution in [2.24, 2.45) is 11.8 Å². The van der Waals surface area contributed by atoms with Crippen molar-refractivity contribution in [3.8, 4) is 5.75 Å². The Bertz CT molecular complexity index is 483. The van der Waals surface area contributed by atoms with Gasteiger partial charge in [-0.15, -0.1) is 0 Å². The second-order valence-corrected chi connectivity index (χ2v) is 4.99. The van der Waals surface area contributed by atoms with Crippen LogP contribution in [0.3, 0.4) is 0 Å². The predicted octanol–water partition coefficient (Wildman–Crippen LogP) is 2.52. The van der Waals surface area contributed by atoms with Crippen molar-refractivity contribution in [3.05, 3.63) is 24.3 Å². The summed E-state index contributed by atoms with van der Waals surface area (Å²) >= 11 is 0. The third-order valence-corrected chi connectivity index (χ3v) is 3.59. The van der Waals surface area contributed by atoms with Gasteiger partial charge in [-0.25, -0.2) is 0 Å². The van der Waals surface area contributed by atoms with Gasteiger partial charge in [0.1, 0.15) is 5.75 Å². The van der Waals surface area contributed by atoms with Crippen molar-refractivity contribution in [3.63, 3.8) is 0 Å². The number of carboxylic acid groups (broad SMARTS) is 1. The summed E-state index contributed by atoms with van der Waals surface area (Å²) in [6.45, 7) is 2.51. The van der Waals surface area contributed by atoms with E-state index in [1.807, 2.05) is 6.92 Å². The normalized spacial score (nSPS) is 21.4. The Morgan fingerprint density at radius 1 is 1.25 bits per heavy atom. The fraction of sp³-hybridized carbons (Fsp3) is 0.467. The molecule has 2 unspecified atom stereocenters. The number of aliphatic carboxylic acids is 1. The van der Waals surface area contributed by atoms with Gasteiger partial charge in [0.05, 0.1) is 12.5 Å². The van der Waals surface area contributed by atoms with Crippen molar-refractivity contribution in [1.82, 2.24) is 0 Å². The van der Waals surface area contributed by atoms with E-state index in [1.165, 1.54) is 0 Å². The zero-order valence-corrected chi connectivity index (χ0v) is 11.5. The summed E-state index contributed by atoms with van der Waals surface area (Å²) in [5, 5.41) is 11.8. The Hall–Kier alpha value is -2.04. The molecule has 2 atom stereocenters. The van der Waals surface area contributed by atoms with E-state index in [-0.39, 0.29) is 17.7 Å². The van der Waals surface area contributed by atoms with Gasteiger partial charge in [0.25, 0.3) is 0 Å². The standard InChI is InChI=1S/C15H19NO4/c1-2-20-13-7-5-12(6-8-13)16-14(17)10-3-4-11(9-10)15(18)19/h5-8,10-11H,2-4,9H2,1H3,(H,16,17)(H,18,19). The van der Waals surface area contributed by atoms with Gasteiger partial charge in [-0.1, -0.05) is 0 Å². The molecule has 0 spiro atoms. The molecule has 5 nitrogen and oxygen atoms in total. The largest absolute Gasteiger partial charge is 0.494 e. The maximum atomic E-state index is 12.1. The first-order chi connectivity index (χ1) is 9.60. The zero-order valence-electron chi connectivity index (χ0n) is 11.5. The summed E-state index contributed by atoms with van der Waals surface area (Å²) in [5.74, 6) is -0.731. The Morgan fingerprint density at radius 2 is 1.90 bits per heavy atom.